The van der Waals surface area contributed by atoms with Gasteiger partial charge in [-0.15, -0.1) is 12.4 Å². The molecule has 1 aromatic heterocycles. The summed E-state index contributed by atoms with van der Waals surface area (Å²) in [5, 5.41) is 5.55. The minimum absolute atomic E-state index is 0. The van der Waals surface area contributed by atoms with Gasteiger partial charge in [0.25, 0.3) is 11.8 Å². The van der Waals surface area contributed by atoms with E-state index in [0.717, 1.165) is 6.42 Å². The molecule has 0 aliphatic carbocycles. The number of nitrogens with one attached hydrogen (secondary N) is 2. The van der Waals surface area contributed by atoms with Crippen LogP contribution < -0.4 is 16.4 Å². The van der Waals surface area contributed by atoms with E-state index in [1.54, 1.807) is 30.3 Å². The van der Waals surface area contributed by atoms with Gasteiger partial charge in [0.2, 0.25) is 0 Å². The lowest BCUT2D eigenvalue weighted by atomic mass is 10.2. The Labute approximate surface area is 151 Å². The minimum atomic E-state index is -0.484. The normalized spacial score (nSPS) is 19.1. The number of benzene rings is 1. The van der Waals surface area contributed by atoms with E-state index in [1.807, 2.05) is 0 Å². The maximum absolute atomic E-state index is 12.2. The lowest BCUT2D eigenvalue weighted by Crippen LogP contribution is -2.29. The van der Waals surface area contributed by atoms with Gasteiger partial charge in [0.1, 0.15) is 12.4 Å². The summed E-state index contributed by atoms with van der Waals surface area (Å²) in [5.41, 5.74) is 7.14. The highest BCUT2D eigenvalue weighted by Gasteiger charge is 2.29. The van der Waals surface area contributed by atoms with Gasteiger partial charge in [-0.3, -0.25) is 9.59 Å². The third-order valence-corrected chi connectivity index (χ3v) is 3.83. The Kier molecular flexibility index (Phi) is 6.58. The number of ether oxygens (including phenoxy) is 1. The zero-order valence-corrected chi connectivity index (χ0v) is 14.3. The van der Waals surface area contributed by atoms with Crippen molar-refractivity contribution in [2.75, 3.05) is 17.2 Å². The van der Waals surface area contributed by atoms with Crippen LogP contribution in [0.3, 0.4) is 0 Å². The zero-order chi connectivity index (χ0) is 16.9. The Morgan fingerprint density at radius 1 is 1.16 bits per heavy atom. The molecule has 1 aromatic carbocycles. The number of furan rings is 1. The number of hydrogen-bond acceptors (Lipinski definition) is 5. The molecule has 2 amide bonds. The van der Waals surface area contributed by atoms with Crippen molar-refractivity contribution in [1.29, 1.82) is 0 Å². The molecule has 25 heavy (non-hydrogen) atoms. The molecule has 4 N–H and O–H groups in total. The molecule has 1 aliphatic rings. The lowest BCUT2D eigenvalue weighted by Gasteiger charge is -2.13. The Balaban J connectivity index is 0.00000225. The molecule has 2 atom stereocenters. The second-order valence-electron chi connectivity index (χ2n) is 5.60. The number of amides is 2. The predicted molar refractivity (Wildman–Crippen MR) is 95.9 cm³/mol. The van der Waals surface area contributed by atoms with E-state index in [1.165, 1.54) is 12.5 Å². The average Bonchev–Trinajstić information content (AvgIpc) is 3.27. The highest BCUT2D eigenvalue weighted by Crippen LogP contribution is 2.22. The smallest absolute Gasteiger partial charge is 0.258 e. The highest BCUT2D eigenvalue weighted by atomic mass is 35.5. The van der Waals surface area contributed by atoms with Crippen molar-refractivity contribution in [3.63, 3.8) is 0 Å². The van der Waals surface area contributed by atoms with Crippen LogP contribution in [0.2, 0.25) is 0 Å². The number of anilines is 2. The molecule has 8 heteroatoms. The lowest BCUT2D eigenvalue weighted by molar-refractivity contribution is -0.126. The minimum Gasteiger partial charge on any atom is -0.472 e. The van der Waals surface area contributed by atoms with Gasteiger partial charge in [-0.1, -0.05) is 6.07 Å². The van der Waals surface area contributed by atoms with E-state index >= 15 is 0 Å². The molecule has 1 saturated heterocycles. The van der Waals surface area contributed by atoms with Crippen molar-refractivity contribution in [3.8, 4) is 0 Å². The van der Waals surface area contributed by atoms with Gasteiger partial charge in [-0.25, -0.2) is 0 Å². The summed E-state index contributed by atoms with van der Waals surface area (Å²) >= 11 is 0. The van der Waals surface area contributed by atoms with Crippen molar-refractivity contribution < 1.29 is 18.7 Å². The first-order valence-electron chi connectivity index (χ1n) is 7.75. The molecule has 7 nitrogen and oxygen atoms in total. The van der Waals surface area contributed by atoms with Crippen molar-refractivity contribution in [3.05, 3.63) is 48.4 Å². The average molecular weight is 366 g/mol. The van der Waals surface area contributed by atoms with Gasteiger partial charge in [-0.05, 0) is 37.1 Å². The van der Waals surface area contributed by atoms with Crippen LogP contribution in [0.25, 0.3) is 0 Å². The van der Waals surface area contributed by atoms with Crippen LogP contribution in [0.15, 0.2) is 47.3 Å². The van der Waals surface area contributed by atoms with Crippen LogP contribution in [0.4, 0.5) is 11.4 Å². The van der Waals surface area contributed by atoms with Gasteiger partial charge in [0.15, 0.2) is 0 Å². The fourth-order valence-electron chi connectivity index (χ4n) is 2.57. The SMILES string of the molecule is Cl.NC[C@H]1CC[C@@H](C(=O)Nc2cccc(NC(=O)c3ccoc3)c2)O1. The molecule has 2 heterocycles. The number of carbonyl (C=O) groups excluding carboxylic acids is 2. The topological polar surface area (TPSA) is 107 Å². The summed E-state index contributed by atoms with van der Waals surface area (Å²) in [6, 6.07) is 8.50. The van der Waals surface area contributed by atoms with Crippen molar-refractivity contribution in [1.82, 2.24) is 0 Å². The summed E-state index contributed by atoms with van der Waals surface area (Å²) < 4.78 is 10.5. The quantitative estimate of drug-likeness (QED) is 0.754. The Morgan fingerprint density at radius 2 is 1.92 bits per heavy atom. The second-order valence-corrected chi connectivity index (χ2v) is 5.60. The number of carbonyl (C=O) groups is 2. The number of hydrogen-bond donors (Lipinski definition) is 3. The number of rotatable bonds is 5. The van der Waals surface area contributed by atoms with Gasteiger partial charge in [0.05, 0.1) is 17.9 Å². The fourth-order valence-corrected chi connectivity index (χ4v) is 2.57. The van der Waals surface area contributed by atoms with Gasteiger partial charge < -0.3 is 25.5 Å². The number of halogens is 1. The van der Waals surface area contributed by atoms with E-state index in [0.29, 0.717) is 29.9 Å². The van der Waals surface area contributed by atoms with Gasteiger partial charge in [-0.2, -0.15) is 0 Å². The molecule has 134 valence electrons. The Morgan fingerprint density at radius 3 is 2.56 bits per heavy atom. The largest absolute Gasteiger partial charge is 0.472 e. The second kappa shape index (κ2) is 8.66. The standard InChI is InChI=1S/C17H19N3O4.ClH/c18-9-14-4-5-15(24-14)17(22)20-13-3-1-2-12(8-13)19-16(21)11-6-7-23-10-11;/h1-3,6-8,10,14-15H,4-5,9,18H2,(H,19,21)(H,20,22);1H/t14-,15+;/m1./s1. The molecule has 0 spiro atoms. The molecule has 1 fully saturated rings. The van der Waals surface area contributed by atoms with Crippen LogP contribution in [0.5, 0.6) is 0 Å². The molecule has 0 radical (unpaired) electrons. The summed E-state index contributed by atoms with van der Waals surface area (Å²) in [5.74, 6) is -0.485. The fraction of sp³-hybridized carbons (Fsp3) is 0.294. The zero-order valence-electron chi connectivity index (χ0n) is 13.4. The molecule has 1 aliphatic heterocycles. The van der Waals surface area contributed by atoms with Crippen molar-refractivity contribution in [2.24, 2.45) is 5.73 Å². The van der Waals surface area contributed by atoms with Crippen LogP contribution in [0, 0.1) is 0 Å². The van der Waals surface area contributed by atoms with E-state index in [9.17, 15) is 9.59 Å². The van der Waals surface area contributed by atoms with Gasteiger partial charge >= 0.3 is 0 Å². The molecule has 0 saturated carbocycles. The molecule has 0 bridgehead atoms. The van der Waals surface area contributed by atoms with Crippen LogP contribution in [-0.2, 0) is 9.53 Å². The van der Waals surface area contributed by atoms with Crippen molar-refractivity contribution >= 4 is 35.6 Å². The monoisotopic (exact) mass is 365 g/mol. The van der Waals surface area contributed by atoms with E-state index < -0.39 is 6.10 Å². The molecule has 3 rings (SSSR count). The van der Waals surface area contributed by atoms with Crippen LogP contribution in [-0.4, -0.2) is 30.6 Å². The summed E-state index contributed by atoms with van der Waals surface area (Å²) in [6.07, 6.45) is 3.71. The first-order chi connectivity index (χ1) is 11.7. The first-order valence-corrected chi connectivity index (χ1v) is 7.75. The maximum Gasteiger partial charge on any atom is 0.258 e. The predicted octanol–water partition coefficient (Wildman–Crippen LogP) is 2.40. The molecular weight excluding hydrogens is 346 g/mol. The third-order valence-electron chi connectivity index (χ3n) is 3.83. The van der Waals surface area contributed by atoms with Crippen LogP contribution >= 0.6 is 12.4 Å². The van der Waals surface area contributed by atoms with E-state index in [-0.39, 0.29) is 30.3 Å². The summed E-state index contributed by atoms with van der Waals surface area (Å²) in [4.78, 5) is 24.2. The molecular formula is C17H20ClN3O4. The highest BCUT2D eigenvalue weighted by molar-refractivity contribution is 6.04. The molecule has 0 unspecified atom stereocenters. The first kappa shape index (κ1) is 19.0. The van der Waals surface area contributed by atoms with E-state index in [4.69, 9.17) is 14.9 Å². The van der Waals surface area contributed by atoms with Crippen LogP contribution in [0.1, 0.15) is 23.2 Å². The Hall–Kier alpha value is -2.35. The van der Waals surface area contributed by atoms with Gasteiger partial charge in [0, 0.05) is 17.9 Å². The summed E-state index contributed by atoms with van der Waals surface area (Å²) in [7, 11) is 0. The number of nitrogens with two attached hydrogens (primary N) is 1. The van der Waals surface area contributed by atoms with Crippen molar-refractivity contribution in [2.45, 2.75) is 25.0 Å². The van der Waals surface area contributed by atoms with E-state index in [2.05, 4.69) is 10.6 Å². The maximum atomic E-state index is 12.2. The summed E-state index contributed by atoms with van der Waals surface area (Å²) in [6.45, 7) is 0.416. The third kappa shape index (κ3) is 4.82. The Bertz CT molecular complexity index is 720. The molecule has 2 aromatic rings.